The molecule has 0 saturated heterocycles. The lowest BCUT2D eigenvalue weighted by Crippen LogP contribution is -1.99. The van der Waals surface area contributed by atoms with Gasteiger partial charge in [0.25, 0.3) is 0 Å². The van der Waals surface area contributed by atoms with Gasteiger partial charge < -0.3 is 10.5 Å². The predicted octanol–water partition coefficient (Wildman–Crippen LogP) is 1.01. The van der Waals surface area contributed by atoms with Gasteiger partial charge in [0.05, 0.1) is 19.0 Å². The van der Waals surface area contributed by atoms with Crippen molar-refractivity contribution in [2.75, 3.05) is 12.3 Å². The lowest BCUT2D eigenvalue weighted by Gasteiger charge is -2.01. The fourth-order valence-corrected chi connectivity index (χ4v) is 0.648. The van der Waals surface area contributed by atoms with E-state index >= 15 is 0 Å². The first-order chi connectivity index (χ1) is 5.83. The number of nitrogens with two attached hydrogens (primary N) is 1. The van der Waals surface area contributed by atoms with Crippen LogP contribution in [0.15, 0.2) is 25.0 Å². The summed E-state index contributed by atoms with van der Waals surface area (Å²) in [6, 6.07) is 0. The third kappa shape index (κ3) is 2.57. The van der Waals surface area contributed by atoms with Crippen LogP contribution >= 0.6 is 0 Å². The van der Waals surface area contributed by atoms with E-state index in [1.807, 2.05) is 0 Å². The summed E-state index contributed by atoms with van der Waals surface area (Å²) < 4.78 is 5.20. The van der Waals surface area contributed by atoms with E-state index in [-0.39, 0.29) is 0 Å². The number of rotatable bonds is 4. The van der Waals surface area contributed by atoms with Gasteiger partial charge in [0.15, 0.2) is 0 Å². The van der Waals surface area contributed by atoms with Crippen molar-refractivity contribution in [3.63, 3.8) is 0 Å². The molecule has 0 fully saturated rings. The second kappa shape index (κ2) is 4.33. The van der Waals surface area contributed by atoms with Crippen LogP contribution in [0.5, 0.6) is 5.88 Å². The molecule has 0 spiro atoms. The van der Waals surface area contributed by atoms with Gasteiger partial charge in [-0.3, -0.25) is 0 Å². The summed E-state index contributed by atoms with van der Waals surface area (Å²) in [6.07, 6.45) is 5.54. The van der Waals surface area contributed by atoms with Crippen molar-refractivity contribution < 1.29 is 4.74 Å². The molecule has 12 heavy (non-hydrogen) atoms. The minimum atomic E-state index is 0.395. The number of hydrogen-bond donors (Lipinski definition) is 1. The van der Waals surface area contributed by atoms with E-state index in [2.05, 4.69) is 16.5 Å². The molecule has 1 aromatic heterocycles. The highest BCUT2D eigenvalue weighted by atomic mass is 16.5. The highest BCUT2D eigenvalue weighted by Gasteiger charge is 1.93. The maximum absolute atomic E-state index is 5.34. The average molecular weight is 165 g/mol. The zero-order chi connectivity index (χ0) is 8.81. The summed E-state index contributed by atoms with van der Waals surface area (Å²) in [7, 11) is 0. The molecule has 4 nitrogen and oxygen atoms in total. The molecule has 0 aromatic carbocycles. The van der Waals surface area contributed by atoms with E-state index in [1.165, 1.54) is 12.4 Å². The Morgan fingerprint density at radius 1 is 1.50 bits per heavy atom. The molecule has 0 saturated carbocycles. The Kier molecular flexibility index (Phi) is 3.07. The van der Waals surface area contributed by atoms with Crippen LogP contribution in [-0.4, -0.2) is 16.6 Å². The van der Waals surface area contributed by atoms with Crippen molar-refractivity contribution in [1.29, 1.82) is 0 Å². The number of anilines is 1. The fourth-order valence-electron chi connectivity index (χ4n) is 0.648. The van der Waals surface area contributed by atoms with Crippen molar-refractivity contribution in [3.05, 3.63) is 25.0 Å². The molecule has 0 radical (unpaired) electrons. The second-order valence-electron chi connectivity index (χ2n) is 2.21. The molecule has 0 aliphatic carbocycles. The molecule has 1 aromatic rings. The number of hydrogen-bond acceptors (Lipinski definition) is 4. The zero-order valence-electron chi connectivity index (χ0n) is 6.73. The van der Waals surface area contributed by atoms with Crippen LogP contribution in [0.4, 0.5) is 5.82 Å². The monoisotopic (exact) mass is 165 g/mol. The Morgan fingerprint density at radius 3 is 2.92 bits per heavy atom. The van der Waals surface area contributed by atoms with Crippen LogP contribution in [-0.2, 0) is 0 Å². The quantitative estimate of drug-likeness (QED) is 0.534. The summed E-state index contributed by atoms with van der Waals surface area (Å²) in [6.45, 7) is 4.14. The molecule has 64 valence electrons. The second-order valence-corrected chi connectivity index (χ2v) is 2.21. The van der Waals surface area contributed by atoms with Gasteiger partial charge >= 0.3 is 0 Å². The number of ether oxygens (including phenoxy) is 1. The molecule has 1 heterocycles. The zero-order valence-corrected chi connectivity index (χ0v) is 6.73. The molecule has 0 amide bonds. The largest absolute Gasteiger partial charge is 0.476 e. The van der Waals surface area contributed by atoms with Gasteiger partial charge in [0.1, 0.15) is 5.82 Å². The minimum absolute atomic E-state index is 0.395. The van der Waals surface area contributed by atoms with E-state index < -0.39 is 0 Å². The maximum atomic E-state index is 5.34. The van der Waals surface area contributed by atoms with Crippen molar-refractivity contribution in [3.8, 4) is 5.88 Å². The van der Waals surface area contributed by atoms with Crippen molar-refractivity contribution >= 4 is 5.82 Å². The summed E-state index contributed by atoms with van der Waals surface area (Å²) in [5.74, 6) is 0.886. The van der Waals surface area contributed by atoms with Crippen molar-refractivity contribution in [1.82, 2.24) is 9.97 Å². The van der Waals surface area contributed by atoms with Gasteiger partial charge in [-0.05, 0) is 6.42 Å². The third-order valence-electron chi connectivity index (χ3n) is 1.22. The Morgan fingerprint density at radius 2 is 2.33 bits per heavy atom. The van der Waals surface area contributed by atoms with Crippen LogP contribution in [0.2, 0.25) is 0 Å². The first kappa shape index (κ1) is 8.52. The molecule has 0 bridgehead atoms. The number of nitrogens with zero attached hydrogens (tertiary/aromatic N) is 2. The van der Waals surface area contributed by atoms with E-state index in [9.17, 15) is 0 Å². The van der Waals surface area contributed by atoms with Crippen molar-refractivity contribution in [2.24, 2.45) is 0 Å². The Bertz CT molecular complexity index is 245. The van der Waals surface area contributed by atoms with E-state index in [1.54, 1.807) is 6.08 Å². The van der Waals surface area contributed by atoms with Gasteiger partial charge in [0, 0.05) is 0 Å². The van der Waals surface area contributed by atoms with Gasteiger partial charge in [-0.2, -0.15) is 0 Å². The summed E-state index contributed by atoms with van der Waals surface area (Å²) in [4.78, 5) is 7.73. The minimum Gasteiger partial charge on any atom is -0.476 e. The van der Waals surface area contributed by atoms with Crippen LogP contribution < -0.4 is 10.5 Å². The molecular formula is C8H11N3O. The van der Waals surface area contributed by atoms with E-state index in [0.29, 0.717) is 18.3 Å². The molecule has 0 unspecified atom stereocenters. The molecule has 4 heteroatoms. The first-order valence-corrected chi connectivity index (χ1v) is 3.64. The first-order valence-electron chi connectivity index (χ1n) is 3.64. The lowest BCUT2D eigenvalue weighted by molar-refractivity contribution is 0.311. The van der Waals surface area contributed by atoms with Crippen LogP contribution in [0.25, 0.3) is 0 Å². The highest BCUT2D eigenvalue weighted by Crippen LogP contribution is 2.04. The maximum Gasteiger partial charge on any atom is 0.232 e. The average Bonchev–Trinajstić information content (AvgIpc) is 2.09. The Labute approximate surface area is 71.1 Å². The highest BCUT2D eigenvalue weighted by molar-refractivity contribution is 5.24. The van der Waals surface area contributed by atoms with Crippen LogP contribution in [0.3, 0.4) is 0 Å². The molecule has 0 aliphatic heterocycles. The summed E-state index contributed by atoms with van der Waals surface area (Å²) in [5, 5.41) is 0. The Hall–Kier alpha value is -1.58. The Balaban J connectivity index is 2.42. The van der Waals surface area contributed by atoms with E-state index in [4.69, 9.17) is 10.5 Å². The molecule has 0 aliphatic rings. The standard InChI is InChI=1S/C8H11N3O/c1-2-3-4-12-8-6-10-7(9)5-11-8/h2,5-6H,1,3-4H2,(H2,9,10). The lowest BCUT2D eigenvalue weighted by atomic mass is 10.5. The molecule has 2 N–H and O–H groups in total. The number of nitrogen functional groups attached to an aromatic ring is 1. The van der Waals surface area contributed by atoms with Gasteiger partial charge in [0.2, 0.25) is 5.88 Å². The van der Waals surface area contributed by atoms with E-state index in [0.717, 1.165) is 6.42 Å². The number of aromatic nitrogens is 2. The topological polar surface area (TPSA) is 61.0 Å². The van der Waals surface area contributed by atoms with Gasteiger partial charge in [-0.15, -0.1) is 6.58 Å². The van der Waals surface area contributed by atoms with Crippen LogP contribution in [0, 0.1) is 0 Å². The summed E-state index contributed by atoms with van der Waals surface area (Å²) in [5.41, 5.74) is 5.34. The van der Waals surface area contributed by atoms with Crippen LogP contribution in [0.1, 0.15) is 6.42 Å². The SMILES string of the molecule is C=CCCOc1cnc(N)cn1. The fraction of sp³-hybridized carbons (Fsp3) is 0.250. The third-order valence-corrected chi connectivity index (χ3v) is 1.22. The molecule has 0 atom stereocenters. The molecule has 1 rings (SSSR count). The van der Waals surface area contributed by atoms with Gasteiger partial charge in [-0.1, -0.05) is 6.08 Å². The smallest absolute Gasteiger partial charge is 0.232 e. The van der Waals surface area contributed by atoms with Gasteiger partial charge in [-0.25, -0.2) is 9.97 Å². The predicted molar refractivity (Wildman–Crippen MR) is 46.8 cm³/mol. The summed E-state index contributed by atoms with van der Waals surface area (Å²) >= 11 is 0. The molecular weight excluding hydrogens is 154 g/mol. The normalized spacial score (nSPS) is 9.33. The van der Waals surface area contributed by atoms with Crippen molar-refractivity contribution in [2.45, 2.75) is 6.42 Å².